The number of piperazine rings is 1. The van der Waals surface area contributed by atoms with Gasteiger partial charge in [0.15, 0.2) is 0 Å². The molecule has 2 aromatic rings. The highest BCUT2D eigenvalue weighted by molar-refractivity contribution is 7.90. The molecular weight excluding hydrogens is 390 g/mol. The van der Waals surface area contributed by atoms with E-state index in [9.17, 15) is 18.0 Å². The van der Waals surface area contributed by atoms with Gasteiger partial charge in [-0.2, -0.15) is 0 Å². The lowest BCUT2D eigenvalue weighted by Crippen LogP contribution is -2.49. The van der Waals surface area contributed by atoms with Gasteiger partial charge in [-0.15, -0.1) is 0 Å². The summed E-state index contributed by atoms with van der Waals surface area (Å²) in [6.07, 6.45) is -0.00234. The second kappa shape index (κ2) is 7.96. The van der Waals surface area contributed by atoms with E-state index in [2.05, 4.69) is 17.0 Å². The van der Waals surface area contributed by atoms with Crippen LogP contribution in [-0.2, 0) is 21.4 Å². The predicted octanol–water partition coefficient (Wildman–Crippen LogP) is 1.57. The summed E-state index contributed by atoms with van der Waals surface area (Å²) in [5, 5.41) is 0. The first-order valence-electron chi connectivity index (χ1n) is 9.67. The number of carbonyl (C=O) groups excluding carboxylic acids is 2. The van der Waals surface area contributed by atoms with Crippen LogP contribution in [0.4, 0.5) is 0 Å². The van der Waals surface area contributed by atoms with E-state index in [4.69, 9.17) is 0 Å². The standard InChI is InChI=1S/C21H23N3O4S/c25-20(23-14-12-22(13-15-23)16-17-6-2-1-3-7-17)10-11-24-21(26)18-8-4-5-9-19(18)29(24,27)28/h1-9H,10-16H2. The highest BCUT2D eigenvalue weighted by Crippen LogP contribution is 2.29. The molecule has 29 heavy (non-hydrogen) atoms. The summed E-state index contributed by atoms with van der Waals surface area (Å²) in [7, 11) is -3.86. The Balaban J connectivity index is 1.30. The van der Waals surface area contributed by atoms with Crippen molar-refractivity contribution >= 4 is 21.8 Å². The summed E-state index contributed by atoms with van der Waals surface area (Å²) in [4.78, 5) is 29.1. The number of nitrogens with zero attached hydrogens (tertiary/aromatic N) is 3. The fraction of sp³-hybridized carbons (Fsp3) is 0.333. The minimum atomic E-state index is -3.86. The lowest BCUT2D eigenvalue weighted by molar-refractivity contribution is -0.133. The van der Waals surface area contributed by atoms with E-state index >= 15 is 0 Å². The molecule has 2 aromatic carbocycles. The van der Waals surface area contributed by atoms with Gasteiger partial charge in [0, 0.05) is 45.7 Å². The predicted molar refractivity (Wildman–Crippen MR) is 108 cm³/mol. The van der Waals surface area contributed by atoms with Gasteiger partial charge in [0.25, 0.3) is 15.9 Å². The molecule has 2 aliphatic heterocycles. The first-order valence-corrected chi connectivity index (χ1v) is 11.1. The number of hydrogen-bond donors (Lipinski definition) is 0. The summed E-state index contributed by atoms with van der Waals surface area (Å²) < 4.78 is 26.0. The fourth-order valence-electron chi connectivity index (χ4n) is 3.80. The van der Waals surface area contributed by atoms with Crippen molar-refractivity contribution in [1.82, 2.24) is 14.1 Å². The topological polar surface area (TPSA) is 78.0 Å². The zero-order valence-corrected chi connectivity index (χ0v) is 16.8. The van der Waals surface area contributed by atoms with Gasteiger partial charge < -0.3 is 4.90 Å². The SMILES string of the molecule is O=C(CCN1C(=O)c2ccccc2S1(=O)=O)N1CCN(Cc2ccccc2)CC1. The molecule has 152 valence electrons. The number of fused-ring (bicyclic) bond motifs is 1. The monoisotopic (exact) mass is 413 g/mol. The minimum absolute atomic E-state index is 0.00234. The van der Waals surface area contributed by atoms with Crippen LogP contribution >= 0.6 is 0 Å². The van der Waals surface area contributed by atoms with Gasteiger partial charge >= 0.3 is 0 Å². The van der Waals surface area contributed by atoms with E-state index in [1.165, 1.54) is 17.7 Å². The highest BCUT2D eigenvalue weighted by atomic mass is 32.2. The Hall–Kier alpha value is -2.71. The Morgan fingerprint density at radius 1 is 0.897 bits per heavy atom. The number of benzene rings is 2. The summed E-state index contributed by atoms with van der Waals surface area (Å²) in [5.41, 5.74) is 1.42. The normalized spacial score (nSPS) is 18.7. The quantitative estimate of drug-likeness (QED) is 0.744. The van der Waals surface area contributed by atoms with Crippen LogP contribution in [0, 0.1) is 0 Å². The van der Waals surface area contributed by atoms with E-state index < -0.39 is 15.9 Å². The smallest absolute Gasteiger partial charge is 0.269 e. The zero-order chi connectivity index (χ0) is 20.4. The lowest BCUT2D eigenvalue weighted by atomic mass is 10.2. The van der Waals surface area contributed by atoms with Crippen molar-refractivity contribution in [3.05, 3.63) is 65.7 Å². The molecule has 2 aliphatic rings. The molecule has 2 amide bonds. The zero-order valence-electron chi connectivity index (χ0n) is 16.0. The molecule has 0 unspecified atom stereocenters. The number of hydrogen-bond acceptors (Lipinski definition) is 5. The molecule has 0 atom stereocenters. The Labute approximate surface area is 170 Å². The van der Waals surface area contributed by atoms with Gasteiger partial charge in [0.2, 0.25) is 5.91 Å². The number of sulfonamides is 1. The van der Waals surface area contributed by atoms with Gasteiger partial charge in [-0.25, -0.2) is 12.7 Å². The summed E-state index contributed by atoms with van der Waals surface area (Å²) in [6, 6.07) is 16.3. The second-order valence-electron chi connectivity index (χ2n) is 7.27. The molecule has 0 bridgehead atoms. The van der Waals surface area contributed by atoms with Crippen molar-refractivity contribution in [3.8, 4) is 0 Å². The van der Waals surface area contributed by atoms with Crippen LogP contribution < -0.4 is 0 Å². The molecule has 0 N–H and O–H groups in total. The van der Waals surface area contributed by atoms with E-state index in [1.807, 2.05) is 18.2 Å². The number of carbonyl (C=O) groups is 2. The van der Waals surface area contributed by atoms with Gasteiger partial charge in [-0.3, -0.25) is 14.5 Å². The van der Waals surface area contributed by atoms with Gasteiger partial charge in [-0.05, 0) is 17.7 Å². The molecular formula is C21H23N3O4S. The van der Waals surface area contributed by atoms with Crippen molar-refractivity contribution in [2.45, 2.75) is 17.9 Å². The van der Waals surface area contributed by atoms with Crippen LogP contribution in [0.2, 0.25) is 0 Å². The first-order chi connectivity index (χ1) is 14.0. The summed E-state index contributed by atoms with van der Waals surface area (Å²) >= 11 is 0. The average molecular weight is 413 g/mol. The molecule has 1 fully saturated rings. The number of amides is 2. The van der Waals surface area contributed by atoms with Gasteiger partial charge in [0.1, 0.15) is 4.90 Å². The van der Waals surface area contributed by atoms with Crippen molar-refractivity contribution in [2.75, 3.05) is 32.7 Å². The van der Waals surface area contributed by atoms with Crippen molar-refractivity contribution in [2.24, 2.45) is 0 Å². The Kier molecular flexibility index (Phi) is 5.38. The van der Waals surface area contributed by atoms with E-state index in [0.29, 0.717) is 13.1 Å². The van der Waals surface area contributed by atoms with Crippen LogP contribution in [0.25, 0.3) is 0 Å². The summed E-state index contributed by atoms with van der Waals surface area (Å²) in [5.74, 6) is -0.676. The maximum absolute atomic E-state index is 12.6. The van der Waals surface area contributed by atoms with Gasteiger partial charge in [0.05, 0.1) is 5.56 Å². The average Bonchev–Trinajstić information content (AvgIpc) is 2.93. The number of rotatable bonds is 5. The largest absolute Gasteiger partial charge is 0.340 e. The van der Waals surface area contributed by atoms with Crippen LogP contribution in [-0.4, -0.2) is 67.1 Å². The maximum Gasteiger partial charge on any atom is 0.269 e. The minimum Gasteiger partial charge on any atom is -0.340 e. The van der Waals surface area contributed by atoms with E-state index in [1.54, 1.807) is 17.0 Å². The van der Waals surface area contributed by atoms with Crippen molar-refractivity contribution < 1.29 is 18.0 Å². The van der Waals surface area contributed by atoms with Gasteiger partial charge in [-0.1, -0.05) is 42.5 Å². The Morgan fingerprint density at radius 2 is 1.55 bits per heavy atom. The molecule has 7 nitrogen and oxygen atoms in total. The third-order valence-corrected chi connectivity index (χ3v) is 7.26. The fourth-order valence-corrected chi connectivity index (χ4v) is 5.37. The van der Waals surface area contributed by atoms with Crippen LogP contribution in [0.15, 0.2) is 59.5 Å². The molecule has 8 heteroatoms. The first kappa shape index (κ1) is 19.6. The molecule has 0 saturated carbocycles. The maximum atomic E-state index is 12.6. The Bertz CT molecular complexity index is 1020. The van der Waals surface area contributed by atoms with Crippen molar-refractivity contribution in [3.63, 3.8) is 0 Å². The molecule has 4 rings (SSSR count). The van der Waals surface area contributed by atoms with Crippen LogP contribution in [0.5, 0.6) is 0 Å². The molecule has 0 spiro atoms. The van der Waals surface area contributed by atoms with E-state index in [0.717, 1.165) is 23.9 Å². The van der Waals surface area contributed by atoms with Crippen LogP contribution in [0.1, 0.15) is 22.3 Å². The third kappa shape index (κ3) is 3.90. The molecule has 0 aromatic heterocycles. The molecule has 2 heterocycles. The lowest BCUT2D eigenvalue weighted by Gasteiger charge is -2.35. The Morgan fingerprint density at radius 3 is 2.24 bits per heavy atom. The third-order valence-electron chi connectivity index (χ3n) is 5.41. The highest BCUT2D eigenvalue weighted by Gasteiger charge is 2.40. The van der Waals surface area contributed by atoms with Crippen molar-refractivity contribution in [1.29, 1.82) is 0 Å². The van der Waals surface area contributed by atoms with Crippen LogP contribution in [0.3, 0.4) is 0 Å². The molecule has 0 radical (unpaired) electrons. The second-order valence-corrected chi connectivity index (χ2v) is 9.10. The summed E-state index contributed by atoms with van der Waals surface area (Å²) in [6.45, 7) is 3.47. The molecule has 1 saturated heterocycles. The van der Waals surface area contributed by atoms with E-state index in [-0.39, 0.29) is 29.3 Å². The molecule has 0 aliphatic carbocycles.